The van der Waals surface area contributed by atoms with Crippen LogP contribution in [0.4, 0.5) is 0 Å². The van der Waals surface area contributed by atoms with Crippen LogP contribution in [-0.2, 0) is 16.4 Å². The van der Waals surface area contributed by atoms with E-state index in [2.05, 4.69) is 29.4 Å². The third-order valence-electron chi connectivity index (χ3n) is 4.99. The lowest BCUT2D eigenvalue weighted by Crippen LogP contribution is -2.38. The van der Waals surface area contributed by atoms with E-state index in [1.165, 1.54) is 5.56 Å². The highest BCUT2D eigenvalue weighted by Gasteiger charge is 2.25. The van der Waals surface area contributed by atoms with E-state index in [1.807, 2.05) is 24.3 Å². The van der Waals surface area contributed by atoms with Gasteiger partial charge in [0.1, 0.15) is 0 Å². The minimum Gasteiger partial charge on any atom is -0.315 e. The lowest BCUT2D eigenvalue weighted by atomic mass is 10.1. The Morgan fingerprint density at radius 1 is 0.966 bits per heavy atom. The molecular weight excluding hydrogens is 382 g/mol. The van der Waals surface area contributed by atoms with E-state index in [9.17, 15) is 8.42 Å². The molecule has 6 heteroatoms. The number of hydrogen-bond donors (Lipinski definition) is 1. The summed E-state index contributed by atoms with van der Waals surface area (Å²) in [6, 6.07) is 17.4. The van der Waals surface area contributed by atoms with Crippen molar-refractivity contribution >= 4 is 20.8 Å². The Hall–Kier alpha value is -2.28. The SMILES string of the molecule is CCCCN(CCNCCc1ccccc1)S(=O)(=O)c1cccc2cnccc12. The van der Waals surface area contributed by atoms with Crippen molar-refractivity contribution in [2.45, 2.75) is 31.1 Å². The van der Waals surface area contributed by atoms with Crippen molar-refractivity contribution in [1.29, 1.82) is 0 Å². The van der Waals surface area contributed by atoms with E-state index in [0.717, 1.165) is 36.6 Å². The summed E-state index contributed by atoms with van der Waals surface area (Å²) < 4.78 is 28.4. The second-order valence-electron chi connectivity index (χ2n) is 7.10. The molecule has 0 radical (unpaired) electrons. The molecule has 0 unspecified atom stereocenters. The van der Waals surface area contributed by atoms with Gasteiger partial charge in [0.05, 0.1) is 4.90 Å². The van der Waals surface area contributed by atoms with Crippen LogP contribution in [-0.4, -0.2) is 43.9 Å². The number of nitrogens with one attached hydrogen (secondary N) is 1. The topological polar surface area (TPSA) is 62.3 Å². The molecule has 0 amide bonds. The van der Waals surface area contributed by atoms with Crippen molar-refractivity contribution < 1.29 is 8.42 Å². The third kappa shape index (κ3) is 5.63. The lowest BCUT2D eigenvalue weighted by Gasteiger charge is -2.23. The average molecular weight is 412 g/mol. The minimum absolute atomic E-state index is 0.359. The highest BCUT2D eigenvalue weighted by molar-refractivity contribution is 7.89. The maximum Gasteiger partial charge on any atom is 0.243 e. The van der Waals surface area contributed by atoms with Gasteiger partial charge in [0.15, 0.2) is 0 Å². The van der Waals surface area contributed by atoms with Crippen molar-refractivity contribution in [3.8, 4) is 0 Å². The Bertz CT molecular complexity index is 1000. The van der Waals surface area contributed by atoms with Crippen LogP contribution in [0.1, 0.15) is 25.3 Å². The second kappa shape index (κ2) is 10.5. The number of unbranched alkanes of at least 4 members (excludes halogenated alkanes) is 1. The van der Waals surface area contributed by atoms with Gasteiger partial charge in [-0.2, -0.15) is 4.31 Å². The molecule has 0 spiro atoms. The monoisotopic (exact) mass is 411 g/mol. The number of nitrogens with zero attached hydrogens (tertiary/aromatic N) is 2. The van der Waals surface area contributed by atoms with Crippen LogP contribution in [0.5, 0.6) is 0 Å². The summed E-state index contributed by atoms with van der Waals surface area (Å²) in [4.78, 5) is 4.47. The first kappa shape index (κ1) is 21.4. The molecule has 0 aliphatic heterocycles. The third-order valence-corrected chi connectivity index (χ3v) is 6.95. The molecule has 5 nitrogen and oxygen atoms in total. The summed E-state index contributed by atoms with van der Waals surface area (Å²) in [7, 11) is -3.57. The fraction of sp³-hybridized carbons (Fsp3) is 0.348. The molecule has 0 aliphatic rings. The summed E-state index contributed by atoms with van der Waals surface area (Å²) in [5, 5.41) is 4.95. The lowest BCUT2D eigenvalue weighted by molar-refractivity contribution is 0.398. The van der Waals surface area contributed by atoms with Crippen molar-refractivity contribution in [3.05, 3.63) is 72.6 Å². The summed E-state index contributed by atoms with van der Waals surface area (Å²) >= 11 is 0. The Balaban J connectivity index is 1.68. The van der Waals surface area contributed by atoms with E-state index in [-0.39, 0.29) is 0 Å². The first-order chi connectivity index (χ1) is 14.1. The van der Waals surface area contributed by atoms with Gasteiger partial charge in [-0.1, -0.05) is 55.8 Å². The summed E-state index contributed by atoms with van der Waals surface area (Å²) in [5.41, 5.74) is 1.28. The smallest absolute Gasteiger partial charge is 0.243 e. The summed E-state index contributed by atoms with van der Waals surface area (Å²) in [5.74, 6) is 0. The second-order valence-corrected chi connectivity index (χ2v) is 9.00. The maximum atomic E-state index is 13.4. The Kier molecular flexibility index (Phi) is 7.75. The molecular formula is C23H29N3O2S. The first-order valence-electron chi connectivity index (χ1n) is 10.2. The van der Waals surface area contributed by atoms with Crippen molar-refractivity contribution in [2.24, 2.45) is 0 Å². The fourth-order valence-electron chi connectivity index (χ4n) is 3.35. The van der Waals surface area contributed by atoms with Crippen LogP contribution in [0.3, 0.4) is 0 Å². The van der Waals surface area contributed by atoms with Gasteiger partial charge in [0, 0.05) is 42.8 Å². The van der Waals surface area contributed by atoms with Gasteiger partial charge < -0.3 is 5.32 Å². The molecule has 0 saturated carbocycles. The molecule has 29 heavy (non-hydrogen) atoms. The molecule has 1 aromatic heterocycles. The Morgan fingerprint density at radius 3 is 2.59 bits per heavy atom. The normalized spacial score (nSPS) is 11.9. The van der Waals surface area contributed by atoms with E-state index in [0.29, 0.717) is 24.5 Å². The van der Waals surface area contributed by atoms with E-state index in [4.69, 9.17) is 0 Å². The predicted molar refractivity (Wildman–Crippen MR) is 118 cm³/mol. The number of rotatable bonds is 11. The van der Waals surface area contributed by atoms with E-state index < -0.39 is 10.0 Å². The van der Waals surface area contributed by atoms with Gasteiger partial charge in [0.25, 0.3) is 0 Å². The summed E-state index contributed by atoms with van der Waals surface area (Å²) in [6.45, 7) is 4.51. The average Bonchev–Trinajstić information content (AvgIpc) is 2.75. The molecule has 0 fully saturated rings. The Labute approximate surface area is 173 Å². The zero-order chi connectivity index (χ0) is 20.5. The fourth-order valence-corrected chi connectivity index (χ4v) is 5.04. The predicted octanol–water partition coefficient (Wildman–Crippen LogP) is 3.86. The summed E-state index contributed by atoms with van der Waals surface area (Å²) in [6.07, 6.45) is 6.07. The minimum atomic E-state index is -3.57. The Morgan fingerprint density at radius 2 is 1.79 bits per heavy atom. The molecule has 3 rings (SSSR count). The van der Waals surface area contributed by atoms with Gasteiger partial charge in [-0.05, 0) is 37.1 Å². The van der Waals surface area contributed by atoms with Crippen molar-refractivity contribution in [3.63, 3.8) is 0 Å². The molecule has 0 saturated heterocycles. The molecule has 154 valence electrons. The van der Waals surface area contributed by atoms with Crippen LogP contribution in [0.2, 0.25) is 0 Å². The quantitative estimate of drug-likeness (QED) is 0.487. The van der Waals surface area contributed by atoms with Gasteiger partial charge in [0.2, 0.25) is 10.0 Å². The highest BCUT2D eigenvalue weighted by atomic mass is 32.2. The van der Waals surface area contributed by atoms with Crippen molar-refractivity contribution in [2.75, 3.05) is 26.2 Å². The molecule has 1 heterocycles. The van der Waals surface area contributed by atoms with E-state index in [1.54, 1.807) is 34.9 Å². The van der Waals surface area contributed by atoms with Gasteiger partial charge >= 0.3 is 0 Å². The molecule has 3 aromatic rings. The van der Waals surface area contributed by atoms with Crippen LogP contribution >= 0.6 is 0 Å². The van der Waals surface area contributed by atoms with Gasteiger partial charge in [-0.25, -0.2) is 8.42 Å². The van der Waals surface area contributed by atoms with Crippen LogP contribution in [0.25, 0.3) is 10.8 Å². The number of sulfonamides is 1. The van der Waals surface area contributed by atoms with Crippen LogP contribution < -0.4 is 5.32 Å². The standard InChI is InChI=1S/C23H29N3O2S/c1-2-3-17-26(18-16-24-14-12-20-8-5-4-6-9-20)29(27,28)23-11-7-10-21-19-25-15-13-22(21)23/h4-11,13,15,19,24H,2-3,12,14,16-18H2,1H3. The van der Waals surface area contributed by atoms with Crippen molar-refractivity contribution in [1.82, 2.24) is 14.6 Å². The molecule has 2 aromatic carbocycles. The van der Waals surface area contributed by atoms with Crippen LogP contribution in [0, 0.1) is 0 Å². The molecule has 0 atom stereocenters. The largest absolute Gasteiger partial charge is 0.315 e. The first-order valence-corrected chi connectivity index (χ1v) is 11.6. The molecule has 0 bridgehead atoms. The van der Waals surface area contributed by atoms with Gasteiger partial charge in [-0.15, -0.1) is 0 Å². The number of pyridine rings is 1. The number of fused-ring (bicyclic) bond motifs is 1. The zero-order valence-corrected chi connectivity index (χ0v) is 17.7. The maximum absolute atomic E-state index is 13.4. The zero-order valence-electron chi connectivity index (χ0n) is 16.9. The number of hydrogen-bond acceptors (Lipinski definition) is 4. The van der Waals surface area contributed by atoms with Crippen LogP contribution in [0.15, 0.2) is 71.9 Å². The number of benzene rings is 2. The van der Waals surface area contributed by atoms with E-state index >= 15 is 0 Å². The van der Waals surface area contributed by atoms with Gasteiger partial charge in [-0.3, -0.25) is 4.98 Å². The highest BCUT2D eigenvalue weighted by Crippen LogP contribution is 2.25. The molecule has 1 N–H and O–H groups in total. The molecule has 0 aliphatic carbocycles. The number of aromatic nitrogens is 1.